The maximum Gasteiger partial charge on any atom is 0.320 e. The fraction of sp³-hybridized carbons (Fsp3) is 0.391. The van der Waals surface area contributed by atoms with E-state index < -0.39 is 35.7 Å². The van der Waals surface area contributed by atoms with Gasteiger partial charge >= 0.3 is 6.03 Å². The van der Waals surface area contributed by atoms with Crippen LogP contribution in [-0.2, 0) is 16.0 Å². The summed E-state index contributed by atoms with van der Waals surface area (Å²) in [6, 6.07) is 5.25. The molecule has 0 spiro atoms. The Morgan fingerprint density at radius 3 is 2.65 bits per heavy atom. The van der Waals surface area contributed by atoms with Gasteiger partial charge in [-0.05, 0) is 37.0 Å². The molecule has 11 heteroatoms. The van der Waals surface area contributed by atoms with Crippen LogP contribution in [0.5, 0.6) is 0 Å². The van der Waals surface area contributed by atoms with Gasteiger partial charge in [0.25, 0.3) is 11.8 Å². The molecule has 0 bridgehead atoms. The number of carbonyl (C=O) groups is 5. The van der Waals surface area contributed by atoms with Gasteiger partial charge < -0.3 is 9.84 Å². The van der Waals surface area contributed by atoms with E-state index >= 15 is 0 Å². The molecule has 1 fully saturated rings. The second-order valence-corrected chi connectivity index (χ2v) is 8.58. The van der Waals surface area contributed by atoms with Crippen LogP contribution >= 0.6 is 0 Å². The molecule has 1 saturated heterocycles. The SMILES string of the molecule is CC(C)c1cc(NC(=O)NCCCc2ccc3c(c2)C(=O)N(C2CCC(=O)NC2=O)C3=O)no1. The minimum Gasteiger partial charge on any atom is -0.359 e. The fourth-order valence-corrected chi connectivity index (χ4v) is 3.95. The van der Waals surface area contributed by atoms with Gasteiger partial charge in [0.1, 0.15) is 11.8 Å². The number of aromatic nitrogens is 1. The minimum atomic E-state index is -0.988. The van der Waals surface area contributed by atoms with Crippen LogP contribution in [0.1, 0.15) is 71.1 Å². The maximum absolute atomic E-state index is 12.9. The van der Waals surface area contributed by atoms with Crippen LogP contribution in [0.15, 0.2) is 28.8 Å². The molecule has 2 aromatic rings. The summed E-state index contributed by atoms with van der Waals surface area (Å²) in [5.41, 5.74) is 1.31. The number of hydrogen-bond acceptors (Lipinski definition) is 7. The number of rotatable bonds is 7. The summed E-state index contributed by atoms with van der Waals surface area (Å²) < 4.78 is 5.14. The fourth-order valence-electron chi connectivity index (χ4n) is 3.95. The molecule has 1 unspecified atom stereocenters. The number of imide groups is 2. The molecule has 0 radical (unpaired) electrons. The van der Waals surface area contributed by atoms with E-state index in [4.69, 9.17) is 4.52 Å². The zero-order valence-electron chi connectivity index (χ0n) is 18.8. The second-order valence-electron chi connectivity index (χ2n) is 8.58. The van der Waals surface area contributed by atoms with E-state index in [0.29, 0.717) is 31.0 Å². The third kappa shape index (κ3) is 4.68. The Labute approximate surface area is 195 Å². The van der Waals surface area contributed by atoms with E-state index in [9.17, 15) is 24.0 Å². The molecular formula is C23H25N5O6. The second kappa shape index (κ2) is 9.46. The van der Waals surface area contributed by atoms with E-state index in [1.54, 1.807) is 24.3 Å². The number of benzene rings is 1. The predicted octanol–water partition coefficient (Wildman–Crippen LogP) is 1.95. The number of nitrogens with one attached hydrogen (secondary N) is 3. The topological polar surface area (TPSA) is 151 Å². The van der Waals surface area contributed by atoms with Crippen LogP contribution in [0.4, 0.5) is 10.6 Å². The van der Waals surface area contributed by atoms with Gasteiger partial charge in [-0.1, -0.05) is 25.1 Å². The lowest BCUT2D eigenvalue weighted by Gasteiger charge is -2.27. The zero-order chi connectivity index (χ0) is 24.4. The molecule has 0 aliphatic carbocycles. The third-order valence-corrected chi connectivity index (χ3v) is 5.77. The lowest BCUT2D eigenvalue weighted by atomic mass is 10.0. The van der Waals surface area contributed by atoms with Crippen molar-refractivity contribution in [3.8, 4) is 0 Å². The van der Waals surface area contributed by atoms with Crippen molar-refractivity contribution >= 4 is 35.5 Å². The van der Waals surface area contributed by atoms with Gasteiger partial charge in [0.05, 0.1) is 11.1 Å². The van der Waals surface area contributed by atoms with Crippen molar-refractivity contribution in [3.63, 3.8) is 0 Å². The maximum atomic E-state index is 12.9. The summed E-state index contributed by atoms with van der Waals surface area (Å²) >= 11 is 0. The van der Waals surface area contributed by atoms with E-state index in [-0.39, 0.29) is 29.9 Å². The molecule has 0 saturated carbocycles. The van der Waals surface area contributed by atoms with Crippen LogP contribution in [0.2, 0.25) is 0 Å². The molecule has 3 heterocycles. The van der Waals surface area contributed by atoms with Crippen molar-refractivity contribution in [1.29, 1.82) is 0 Å². The van der Waals surface area contributed by atoms with E-state index in [2.05, 4.69) is 21.1 Å². The summed E-state index contributed by atoms with van der Waals surface area (Å²) in [7, 11) is 0. The van der Waals surface area contributed by atoms with Crippen LogP contribution in [0.25, 0.3) is 0 Å². The molecule has 2 aliphatic heterocycles. The smallest absolute Gasteiger partial charge is 0.320 e. The number of carbonyl (C=O) groups excluding carboxylic acids is 5. The first-order valence-electron chi connectivity index (χ1n) is 11.1. The molecule has 1 aromatic heterocycles. The number of piperidine rings is 1. The lowest BCUT2D eigenvalue weighted by Crippen LogP contribution is -2.54. The Kier molecular flexibility index (Phi) is 6.44. The van der Waals surface area contributed by atoms with Crippen LogP contribution in [0.3, 0.4) is 0 Å². The van der Waals surface area contributed by atoms with Gasteiger partial charge in [-0.25, -0.2) is 4.79 Å². The summed E-state index contributed by atoms with van der Waals surface area (Å²) in [5, 5.41) is 11.3. The molecule has 34 heavy (non-hydrogen) atoms. The Morgan fingerprint density at radius 1 is 1.18 bits per heavy atom. The average molecular weight is 467 g/mol. The zero-order valence-corrected chi connectivity index (χ0v) is 18.8. The molecule has 3 N–H and O–H groups in total. The normalized spacial score (nSPS) is 17.7. The molecule has 2 aliphatic rings. The highest BCUT2D eigenvalue weighted by atomic mass is 16.5. The highest BCUT2D eigenvalue weighted by Crippen LogP contribution is 2.28. The highest BCUT2D eigenvalue weighted by Gasteiger charge is 2.44. The Balaban J connectivity index is 1.30. The molecular weight excluding hydrogens is 442 g/mol. The molecule has 11 nitrogen and oxygen atoms in total. The predicted molar refractivity (Wildman–Crippen MR) is 119 cm³/mol. The Morgan fingerprint density at radius 2 is 1.94 bits per heavy atom. The Bertz CT molecular complexity index is 1170. The van der Waals surface area contributed by atoms with Crippen molar-refractivity contribution < 1.29 is 28.5 Å². The monoisotopic (exact) mass is 467 g/mol. The largest absolute Gasteiger partial charge is 0.359 e. The van der Waals surface area contributed by atoms with Crippen molar-refractivity contribution in [2.45, 2.75) is 51.5 Å². The van der Waals surface area contributed by atoms with Crippen molar-refractivity contribution in [2.24, 2.45) is 0 Å². The quantitative estimate of drug-likeness (QED) is 0.416. The lowest BCUT2D eigenvalue weighted by molar-refractivity contribution is -0.136. The number of nitrogens with zero attached hydrogens (tertiary/aromatic N) is 2. The summed E-state index contributed by atoms with van der Waals surface area (Å²) in [6.07, 6.45) is 1.35. The van der Waals surface area contributed by atoms with Crippen LogP contribution in [0, 0.1) is 0 Å². The first-order valence-corrected chi connectivity index (χ1v) is 11.1. The third-order valence-electron chi connectivity index (χ3n) is 5.77. The van der Waals surface area contributed by atoms with Crippen molar-refractivity contribution in [2.75, 3.05) is 11.9 Å². The molecule has 178 valence electrons. The van der Waals surface area contributed by atoms with Crippen LogP contribution in [-0.4, -0.2) is 52.3 Å². The van der Waals surface area contributed by atoms with Crippen molar-refractivity contribution in [3.05, 3.63) is 46.7 Å². The average Bonchev–Trinajstić information content (AvgIpc) is 3.35. The highest BCUT2D eigenvalue weighted by molar-refractivity contribution is 6.23. The van der Waals surface area contributed by atoms with Crippen molar-refractivity contribution in [1.82, 2.24) is 20.7 Å². The standard InChI is InChI=1S/C23H25N5O6/c1-12(2)17-11-18(27-34-17)25-23(33)24-9-3-4-13-5-6-14-15(10-13)22(32)28(21(14)31)16-7-8-19(29)26-20(16)30/h5-6,10-12,16H,3-4,7-9H2,1-2H3,(H,26,29,30)(H2,24,25,27,33). The van der Waals surface area contributed by atoms with E-state index in [1.807, 2.05) is 13.8 Å². The summed E-state index contributed by atoms with van der Waals surface area (Å²) in [4.78, 5) is 62.1. The Hall–Kier alpha value is -4.02. The summed E-state index contributed by atoms with van der Waals surface area (Å²) in [6.45, 7) is 4.30. The van der Waals surface area contributed by atoms with Gasteiger partial charge in [-0.3, -0.25) is 34.7 Å². The number of hydrogen-bond donors (Lipinski definition) is 3. The number of aryl methyl sites for hydroxylation is 1. The molecule has 4 rings (SSSR count). The molecule has 1 aromatic carbocycles. The van der Waals surface area contributed by atoms with Gasteiger partial charge in [0.15, 0.2) is 5.82 Å². The number of anilines is 1. The first-order chi connectivity index (χ1) is 16.2. The van der Waals surface area contributed by atoms with Crippen LogP contribution < -0.4 is 16.0 Å². The number of fused-ring (bicyclic) bond motifs is 1. The first kappa shape index (κ1) is 23.1. The number of urea groups is 1. The van der Waals surface area contributed by atoms with Gasteiger partial charge in [0.2, 0.25) is 11.8 Å². The van der Waals surface area contributed by atoms with Gasteiger partial charge in [-0.2, -0.15) is 0 Å². The minimum absolute atomic E-state index is 0.0746. The number of amides is 6. The molecule has 1 atom stereocenters. The van der Waals surface area contributed by atoms with Gasteiger partial charge in [0, 0.05) is 24.9 Å². The molecule has 6 amide bonds. The van der Waals surface area contributed by atoms with Gasteiger partial charge in [-0.15, -0.1) is 0 Å². The van der Waals surface area contributed by atoms with E-state index in [0.717, 1.165) is 10.5 Å². The summed E-state index contributed by atoms with van der Waals surface area (Å²) in [5.74, 6) is -0.948. The van der Waals surface area contributed by atoms with E-state index in [1.165, 1.54) is 0 Å².